The number of benzene rings is 1. The number of rotatable bonds is 5. The number of nitrogens with zero attached hydrogens (tertiary/aromatic N) is 3. The maximum atomic E-state index is 14.2. The number of aromatic nitrogens is 2. The summed E-state index contributed by atoms with van der Waals surface area (Å²) < 4.78 is 58.4. The molecule has 0 spiro atoms. The Kier molecular flexibility index (Phi) is 5.69. The van der Waals surface area contributed by atoms with Gasteiger partial charge in [0.15, 0.2) is 11.6 Å². The summed E-state index contributed by atoms with van der Waals surface area (Å²) in [6.45, 7) is 0.583. The van der Waals surface area contributed by atoms with Gasteiger partial charge in [-0.15, -0.1) is 0 Å². The topological polar surface area (TPSA) is 64.3 Å². The fraction of sp³-hybridized carbons (Fsp3) is 0.500. The third-order valence-electron chi connectivity index (χ3n) is 5.79. The normalized spacial score (nSPS) is 24.5. The molecule has 1 aromatic carbocycles. The van der Waals surface area contributed by atoms with Crippen LogP contribution in [0.25, 0.3) is 0 Å². The number of hydrogen-bond acceptors (Lipinski definition) is 5. The quantitative estimate of drug-likeness (QED) is 0.606. The zero-order valence-electron chi connectivity index (χ0n) is 15.8. The summed E-state index contributed by atoms with van der Waals surface area (Å²) in [4.78, 5) is 10.7. The van der Waals surface area contributed by atoms with Gasteiger partial charge >= 0.3 is 6.01 Å². The molecule has 2 aliphatic rings. The van der Waals surface area contributed by atoms with E-state index in [0.717, 1.165) is 23.7 Å². The van der Waals surface area contributed by atoms with Crippen molar-refractivity contribution in [3.63, 3.8) is 0 Å². The molecule has 156 valence electrons. The van der Waals surface area contributed by atoms with Gasteiger partial charge in [0.25, 0.3) is 0 Å². The minimum absolute atomic E-state index is 0.0814. The van der Waals surface area contributed by atoms with Crippen LogP contribution in [0.1, 0.15) is 42.0 Å². The molecule has 2 N–H and O–H groups in total. The van der Waals surface area contributed by atoms with Gasteiger partial charge in [-0.25, -0.2) is 22.5 Å². The van der Waals surface area contributed by atoms with Crippen molar-refractivity contribution in [1.82, 2.24) is 14.9 Å². The van der Waals surface area contributed by atoms with Gasteiger partial charge in [-0.1, -0.05) is 0 Å². The van der Waals surface area contributed by atoms with Gasteiger partial charge in [0.2, 0.25) is 0 Å². The first-order chi connectivity index (χ1) is 14.0. The molecule has 1 saturated carbocycles. The second-order valence-corrected chi connectivity index (χ2v) is 7.59. The zero-order chi connectivity index (χ0) is 20.5. The van der Waals surface area contributed by atoms with Crippen LogP contribution in [0.3, 0.4) is 0 Å². The molecule has 9 heteroatoms. The Morgan fingerprint density at radius 2 is 1.90 bits per heavy atom. The highest BCUT2D eigenvalue weighted by Gasteiger charge is 2.36. The van der Waals surface area contributed by atoms with Crippen LogP contribution in [0.15, 0.2) is 18.3 Å². The van der Waals surface area contributed by atoms with E-state index in [9.17, 15) is 17.6 Å². The van der Waals surface area contributed by atoms with Gasteiger partial charge in [0.05, 0.1) is 5.69 Å². The molecular formula is C20H22F4N4O. The van der Waals surface area contributed by atoms with Crippen LogP contribution in [0, 0.1) is 17.5 Å². The lowest BCUT2D eigenvalue weighted by atomic mass is 9.77. The smallest absolute Gasteiger partial charge is 0.316 e. The third kappa shape index (κ3) is 4.06. The van der Waals surface area contributed by atoms with Crippen LogP contribution in [0.4, 0.5) is 17.6 Å². The lowest BCUT2D eigenvalue weighted by molar-refractivity contribution is 0.137. The Bertz CT molecular complexity index is 897. The van der Waals surface area contributed by atoms with Gasteiger partial charge in [0, 0.05) is 48.9 Å². The average molecular weight is 410 g/mol. The summed E-state index contributed by atoms with van der Waals surface area (Å²) in [6, 6.07) is 1.47. The molecule has 29 heavy (non-hydrogen) atoms. The molecule has 0 amide bonds. The molecule has 0 saturated heterocycles. The molecule has 0 unspecified atom stereocenters. The van der Waals surface area contributed by atoms with Crippen molar-refractivity contribution < 1.29 is 22.3 Å². The summed E-state index contributed by atoms with van der Waals surface area (Å²) in [5.41, 5.74) is 8.29. The minimum Gasteiger partial charge on any atom is -0.461 e. The highest BCUT2D eigenvalue weighted by molar-refractivity contribution is 5.27. The molecular weight excluding hydrogens is 388 g/mol. The van der Waals surface area contributed by atoms with E-state index in [-0.39, 0.29) is 36.2 Å². The molecule has 0 bridgehead atoms. The van der Waals surface area contributed by atoms with Gasteiger partial charge in [-0.3, -0.25) is 4.90 Å². The monoisotopic (exact) mass is 410 g/mol. The second-order valence-electron chi connectivity index (χ2n) is 7.59. The zero-order valence-corrected chi connectivity index (χ0v) is 15.8. The van der Waals surface area contributed by atoms with Crippen molar-refractivity contribution in [2.75, 3.05) is 13.3 Å². The fourth-order valence-corrected chi connectivity index (χ4v) is 4.34. The highest BCUT2D eigenvalue weighted by Crippen LogP contribution is 2.38. The molecule has 1 fully saturated rings. The van der Waals surface area contributed by atoms with Gasteiger partial charge in [-0.05, 0) is 30.9 Å². The van der Waals surface area contributed by atoms with Crippen LogP contribution in [-0.4, -0.2) is 40.2 Å². The van der Waals surface area contributed by atoms with E-state index in [4.69, 9.17) is 10.5 Å². The van der Waals surface area contributed by atoms with Crippen molar-refractivity contribution >= 4 is 0 Å². The van der Waals surface area contributed by atoms with Crippen molar-refractivity contribution in [2.45, 2.75) is 50.4 Å². The van der Waals surface area contributed by atoms with E-state index in [2.05, 4.69) is 14.9 Å². The van der Waals surface area contributed by atoms with Crippen molar-refractivity contribution in [2.24, 2.45) is 5.73 Å². The Hall–Kier alpha value is -2.26. The lowest BCUT2D eigenvalue weighted by Gasteiger charge is -2.38. The summed E-state index contributed by atoms with van der Waals surface area (Å²) in [5, 5.41) is 0. The van der Waals surface area contributed by atoms with Crippen LogP contribution >= 0.6 is 0 Å². The van der Waals surface area contributed by atoms with E-state index >= 15 is 0 Å². The molecule has 5 nitrogen and oxygen atoms in total. The number of hydrogen-bond donors (Lipinski definition) is 1. The Morgan fingerprint density at radius 1 is 1.10 bits per heavy atom. The largest absolute Gasteiger partial charge is 0.461 e. The number of alkyl halides is 1. The maximum Gasteiger partial charge on any atom is 0.316 e. The summed E-state index contributed by atoms with van der Waals surface area (Å²) in [7, 11) is 0. The first-order valence-electron chi connectivity index (χ1n) is 9.64. The Morgan fingerprint density at radius 3 is 2.66 bits per heavy atom. The summed E-state index contributed by atoms with van der Waals surface area (Å²) in [6.07, 6.45) is 3.63. The van der Waals surface area contributed by atoms with Crippen LogP contribution < -0.4 is 10.5 Å². The van der Waals surface area contributed by atoms with E-state index in [1.54, 1.807) is 6.20 Å². The number of halogens is 4. The van der Waals surface area contributed by atoms with Crippen LogP contribution in [0.5, 0.6) is 6.01 Å². The number of fused-ring (bicyclic) bond motifs is 1. The van der Waals surface area contributed by atoms with E-state index in [1.165, 1.54) is 0 Å². The first kappa shape index (κ1) is 20.0. The fourth-order valence-electron chi connectivity index (χ4n) is 4.34. The van der Waals surface area contributed by atoms with Crippen LogP contribution in [-0.2, 0) is 13.1 Å². The Balaban J connectivity index is 1.42. The van der Waals surface area contributed by atoms with Crippen molar-refractivity contribution in [3.8, 4) is 6.01 Å². The molecule has 1 aromatic heterocycles. The summed E-state index contributed by atoms with van der Waals surface area (Å²) >= 11 is 0. The van der Waals surface area contributed by atoms with Crippen molar-refractivity contribution in [3.05, 3.63) is 52.6 Å². The highest BCUT2D eigenvalue weighted by atomic mass is 19.2. The van der Waals surface area contributed by atoms with Crippen molar-refractivity contribution in [1.29, 1.82) is 0 Å². The van der Waals surface area contributed by atoms with Crippen LogP contribution in [0.2, 0.25) is 0 Å². The first-order valence-corrected chi connectivity index (χ1v) is 9.64. The molecule has 2 aromatic rings. The SMILES string of the molecule is N[C@H]1C[C@@H](N2Cc3cnc(OCCF)nc3C2)CC[C@@H]1c1cc(F)c(F)cc1F. The molecule has 2 heterocycles. The molecule has 1 aliphatic carbocycles. The summed E-state index contributed by atoms with van der Waals surface area (Å²) in [5.74, 6) is -3.37. The average Bonchev–Trinajstić information content (AvgIpc) is 3.13. The minimum atomic E-state index is -1.20. The van der Waals surface area contributed by atoms with Gasteiger partial charge < -0.3 is 10.5 Å². The van der Waals surface area contributed by atoms with E-state index < -0.39 is 24.1 Å². The van der Waals surface area contributed by atoms with Gasteiger partial charge in [-0.2, -0.15) is 4.98 Å². The third-order valence-corrected chi connectivity index (χ3v) is 5.79. The standard InChI is InChI=1S/C20H22F4N4O/c21-3-4-29-20-26-8-11-9-28(10-19(11)27-20)12-1-2-13(18(25)5-12)14-6-16(23)17(24)7-15(14)22/h6-8,12-13,18H,1-5,9-10,25H2/t12-,13+,18-/m0/s1. The predicted molar refractivity (Wildman–Crippen MR) is 97.4 cm³/mol. The lowest BCUT2D eigenvalue weighted by Crippen LogP contribution is -2.44. The number of nitrogens with two attached hydrogens (primary N) is 1. The predicted octanol–water partition coefficient (Wildman–Crippen LogP) is 3.22. The number of ether oxygens (including phenoxy) is 1. The Labute approximate surface area is 165 Å². The van der Waals surface area contributed by atoms with E-state index in [1.807, 2.05) is 0 Å². The van der Waals surface area contributed by atoms with Gasteiger partial charge in [0.1, 0.15) is 19.1 Å². The molecule has 1 aliphatic heterocycles. The molecule has 0 radical (unpaired) electrons. The molecule has 3 atom stereocenters. The second kappa shape index (κ2) is 8.23. The van der Waals surface area contributed by atoms with E-state index in [0.29, 0.717) is 32.0 Å². The molecule has 4 rings (SSSR count). The maximum absolute atomic E-state index is 14.2.